The molecule has 1 fully saturated rings. The highest BCUT2D eigenvalue weighted by Crippen LogP contribution is 2.30. The van der Waals surface area contributed by atoms with Crippen molar-refractivity contribution in [1.82, 2.24) is 0 Å². The van der Waals surface area contributed by atoms with Crippen LogP contribution in [0.1, 0.15) is 84.5 Å². The van der Waals surface area contributed by atoms with E-state index in [4.69, 9.17) is 0 Å². The van der Waals surface area contributed by atoms with Crippen LogP contribution < -0.4 is 0 Å². The van der Waals surface area contributed by atoms with Crippen LogP contribution in [0.5, 0.6) is 0 Å². The Hall–Kier alpha value is 0. The molecule has 0 bridgehead atoms. The molecule has 0 radical (unpaired) electrons. The van der Waals surface area contributed by atoms with Crippen molar-refractivity contribution in [3.05, 3.63) is 0 Å². The Morgan fingerprint density at radius 3 is 2.40 bits per heavy atom. The molecule has 0 N–H and O–H groups in total. The molecule has 1 aliphatic rings. The van der Waals surface area contributed by atoms with Gasteiger partial charge < -0.3 is 0 Å². The average Bonchev–Trinajstić information content (AvgIpc) is 2.74. The lowest BCUT2D eigenvalue weighted by atomic mass is 9.92. The maximum Gasteiger partial charge on any atom is -0.0414 e. The molecule has 1 atom stereocenters. The van der Waals surface area contributed by atoms with Crippen molar-refractivity contribution in [3.8, 4) is 0 Å². The van der Waals surface area contributed by atoms with Crippen molar-refractivity contribution < 1.29 is 0 Å². The number of rotatable bonds is 8. The van der Waals surface area contributed by atoms with Gasteiger partial charge >= 0.3 is 0 Å². The van der Waals surface area contributed by atoms with Crippen molar-refractivity contribution in [2.75, 3.05) is 0 Å². The van der Waals surface area contributed by atoms with Gasteiger partial charge in [-0.2, -0.15) is 0 Å². The Labute approximate surface area is 96.8 Å². The molecule has 0 aromatic rings. The van der Waals surface area contributed by atoms with E-state index < -0.39 is 0 Å². The summed E-state index contributed by atoms with van der Waals surface area (Å²) in [5.74, 6) is 2.09. The Morgan fingerprint density at radius 1 is 1.00 bits per heavy atom. The van der Waals surface area contributed by atoms with E-state index in [1.165, 1.54) is 70.6 Å². The zero-order chi connectivity index (χ0) is 10.9. The fraction of sp³-hybridized carbons (Fsp3) is 1.00. The summed E-state index contributed by atoms with van der Waals surface area (Å²) in [6.45, 7) is 4.75. The van der Waals surface area contributed by atoms with Gasteiger partial charge in [-0.1, -0.05) is 84.5 Å². The largest absolute Gasteiger partial charge is 0.0654 e. The van der Waals surface area contributed by atoms with E-state index in [2.05, 4.69) is 13.8 Å². The summed E-state index contributed by atoms with van der Waals surface area (Å²) in [6, 6.07) is 0. The monoisotopic (exact) mass is 210 g/mol. The van der Waals surface area contributed by atoms with Crippen LogP contribution in [0.4, 0.5) is 0 Å². The molecule has 0 spiro atoms. The first kappa shape index (κ1) is 13.1. The normalized spacial score (nSPS) is 19.6. The van der Waals surface area contributed by atoms with Gasteiger partial charge in [0.05, 0.1) is 0 Å². The van der Waals surface area contributed by atoms with E-state index in [0.29, 0.717) is 0 Å². The maximum absolute atomic E-state index is 2.46. The molecule has 0 heteroatoms. The van der Waals surface area contributed by atoms with Crippen LogP contribution in [-0.4, -0.2) is 0 Å². The first-order valence-electron chi connectivity index (χ1n) is 7.33. The number of unbranched alkanes of at least 4 members (excludes halogenated alkanes) is 3. The summed E-state index contributed by atoms with van der Waals surface area (Å²) in [6.07, 6.45) is 16.3. The topological polar surface area (TPSA) is 0 Å². The summed E-state index contributed by atoms with van der Waals surface area (Å²) < 4.78 is 0. The van der Waals surface area contributed by atoms with Gasteiger partial charge in [0.25, 0.3) is 0 Å². The van der Waals surface area contributed by atoms with Crippen LogP contribution in [0.3, 0.4) is 0 Å². The molecule has 1 unspecified atom stereocenters. The molecule has 1 rings (SSSR count). The molecule has 0 aromatic carbocycles. The van der Waals surface area contributed by atoms with Crippen LogP contribution in [0, 0.1) is 11.8 Å². The molecule has 0 aliphatic heterocycles. The minimum Gasteiger partial charge on any atom is -0.0654 e. The minimum atomic E-state index is 0.988. The third-order valence-corrected chi connectivity index (χ3v) is 4.09. The van der Waals surface area contributed by atoms with Crippen molar-refractivity contribution in [1.29, 1.82) is 0 Å². The standard InChI is InChI=1S/C15H30/c1-3-4-5-6-9-14(2)12-13-15-10-7-8-11-15/h14-15H,3-13H2,1-2H3. The Morgan fingerprint density at radius 2 is 1.73 bits per heavy atom. The summed E-state index contributed by atoms with van der Waals surface area (Å²) in [4.78, 5) is 0. The van der Waals surface area contributed by atoms with E-state index in [1.54, 1.807) is 0 Å². The lowest BCUT2D eigenvalue weighted by Gasteiger charge is -2.14. The van der Waals surface area contributed by atoms with E-state index >= 15 is 0 Å². The van der Waals surface area contributed by atoms with Gasteiger partial charge in [-0.05, 0) is 11.8 Å². The van der Waals surface area contributed by atoms with E-state index in [-0.39, 0.29) is 0 Å². The molecule has 1 aliphatic carbocycles. The van der Waals surface area contributed by atoms with Gasteiger partial charge in [0.2, 0.25) is 0 Å². The predicted molar refractivity (Wildman–Crippen MR) is 69.1 cm³/mol. The second kappa shape index (κ2) is 8.19. The second-order valence-corrected chi connectivity index (χ2v) is 5.68. The molecule has 0 saturated heterocycles. The molecule has 90 valence electrons. The van der Waals surface area contributed by atoms with Crippen molar-refractivity contribution >= 4 is 0 Å². The van der Waals surface area contributed by atoms with Crippen molar-refractivity contribution in [3.63, 3.8) is 0 Å². The molecule has 0 aromatic heterocycles. The zero-order valence-electron chi connectivity index (χ0n) is 10.9. The highest BCUT2D eigenvalue weighted by Gasteiger charge is 2.15. The molecule has 0 nitrogen and oxygen atoms in total. The zero-order valence-corrected chi connectivity index (χ0v) is 10.9. The second-order valence-electron chi connectivity index (χ2n) is 5.68. The van der Waals surface area contributed by atoms with Gasteiger partial charge in [-0.3, -0.25) is 0 Å². The quantitative estimate of drug-likeness (QED) is 0.460. The lowest BCUT2D eigenvalue weighted by molar-refractivity contribution is 0.389. The minimum absolute atomic E-state index is 0.988. The van der Waals surface area contributed by atoms with Gasteiger partial charge in [-0.25, -0.2) is 0 Å². The Kier molecular flexibility index (Phi) is 7.13. The summed E-state index contributed by atoms with van der Waals surface area (Å²) in [7, 11) is 0. The van der Waals surface area contributed by atoms with Crippen LogP contribution in [0.2, 0.25) is 0 Å². The molecule has 1 saturated carbocycles. The average molecular weight is 210 g/mol. The van der Waals surface area contributed by atoms with Crippen LogP contribution in [-0.2, 0) is 0 Å². The van der Waals surface area contributed by atoms with Gasteiger partial charge in [0.1, 0.15) is 0 Å². The first-order valence-corrected chi connectivity index (χ1v) is 7.33. The number of hydrogen-bond donors (Lipinski definition) is 0. The third kappa shape index (κ3) is 6.22. The van der Waals surface area contributed by atoms with E-state index in [1.807, 2.05) is 0 Å². The van der Waals surface area contributed by atoms with E-state index in [0.717, 1.165) is 11.8 Å². The van der Waals surface area contributed by atoms with Crippen LogP contribution >= 0.6 is 0 Å². The third-order valence-electron chi connectivity index (χ3n) is 4.09. The summed E-state index contributed by atoms with van der Waals surface area (Å²) in [5.41, 5.74) is 0. The predicted octanol–water partition coefficient (Wildman–Crippen LogP) is 5.56. The van der Waals surface area contributed by atoms with Crippen LogP contribution in [0.15, 0.2) is 0 Å². The SMILES string of the molecule is CCCCCCC(C)CCC1CCCC1. The molecular formula is C15H30. The fourth-order valence-electron chi connectivity index (χ4n) is 2.88. The molecular weight excluding hydrogens is 180 g/mol. The molecule has 15 heavy (non-hydrogen) atoms. The first-order chi connectivity index (χ1) is 7.33. The highest BCUT2D eigenvalue weighted by molar-refractivity contribution is 4.68. The van der Waals surface area contributed by atoms with Gasteiger partial charge in [-0.15, -0.1) is 0 Å². The smallest absolute Gasteiger partial charge is 0.0414 e. The Balaban J connectivity index is 1.90. The number of hydrogen-bond acceptors (Lipinski definition) is 0. The Bertz CT molecular complexity index is 133. The van der Waals surface area contributed by atoms with Crippen molar-refractivity contribution in [2.24, 2.45) is 11.8 Å². The van der Waals surface area contributed by atoms with Gasteiger partial charge in [0.15, 0.2) is 0 Å². The van der Waals surface area contributed by atoms with Gasteiger partial charge in [0, 0.05) is 0 Å². The molecule has 0 heterocycles. The molecule has 0 amide bonds. The maximum atomic E-state index is 2.46. The van der Waals surface area contributed by atoms with E-state index in [9.17, 15) is 0 Å². The highest BCUT2D eigenvalue weighted by atomic mass is 14.2. The lowest BCUT2D eigenvalue weighted by Crippen LogP contribution is -2.00. The summed E-state index contributed by atoms with van der Waals surface area (Å²) >= 11 is 0. The summed E-state index contributed by atoms with van der Waals surface area (Å²) in [5, 5.41) is 0. The van der Waals surface area contributed by atoms with Crippen LogP contribution in [0.25, 0.3) is 0 Å². The fourth-order valence-corrected chi connectivity index (χ4v) is 2.88. The van der Waals surface area contributed by atoms with Crippen molar-refractivity contribution in [2.45, 2.75) is 84.5 Å².